The van der Waals surface area contributed by atoms with Crippen LogP contribution in [0.25, 0.3) is 11.0 Å². The van der Waals surface area contributed by atoms with Crippen LogP contribution in [0.4, 0.5) is 0 Å². The summed E-state index contributed by atoms with van der Waals surface area (Å²) in [4.78, 5) is 13.4. The van der Waals surface area contributed by atoms with E-state index in [0.29, 0.717) is 11.0 Å². The largest absolute Gasteiger partial charge is 0.478 e. The van der Waals surface area contributed by atoms with E-state index in [0.717, 1.165) is 0 Å². The zero-order chi connectivity index (χ0) is 8.55. The molecular formula is C7H5N3O2. The molecule has 2 heterocycles. The van der Waals surface area contributed by atoms with Gasteiger partial charge in [0, 0.05) is 11.6 Å². The van der Waals surface area contributed by atoms with Crippen LogP contribution in [-0.4, -0.2) is 26.3 Å². The van der Waals surface area contributed by atoms with Gasteiger partial charge in [-0.05, 0) is 6.07 Å². The maximum absolute atomic E-state index is 10.6. The van der Waals surface area contributed by atoms with Crippen molar-refractivity contribution in [1.29, 1.82) is 0 Å². The molecule has 0 aromatic carbocycles. The maximum Gasteiger partial charge on any atom is 0.338 e. The van der Waals surface area contributed by atoms with Gasteiger partial charge in [0.2, 0.25) is 0 Å². The molecule has 0 amide bonds. The van der Waals surface area contributed by atoms with Crippen LogP contribution in [0, 0.1) is 0 Å². The van der Waals surface area contributed by atoms with Crippen LogP contribution in [0.2, 0.25) is 0 Å². The molecule has 5 nitrogen and oxygen atoms in total. The maximum atomic E-state index is 10.6. The minimum absolute atomic E-state index is 0.168. The number of nitrogens with zero attached hydrogens (tertiary/aromatic N) is 2. The minimum atomic E-state index is -0.991. The van der Waals surface area contributed by atoms with E-state index < -0.39 is 5.97 Å². The minimum Gasteiger partial charge on any atom is -0.478 e. The van der Waals surface area contributed by atoms with E-state index in [1.807, 2.05) is 0 Å². The Bertz CT molecular complexity index is 435. The zero-order valence-corrected chi connectivity index (χ0v) is 5.98. The predicted molar refractivity (Wildman–Crippen MR) is 40.8 cm³/mol. The summed E-state index contributed by atoms with van der Waals surface area (Å²) in [6.45, 7) is 0. The summed E-state index contributed by atoms with van der Waals surface area (Å²) < 4.78 is 0. The zero-order valence-electron chi connectivity index (χ0n) is 5.98. The lowest BCUT2D eigenvalue weighted by molar-refractivity contribution is 0.0698. The van der Waals surface area contributed by atoms with Gasteiger partial charge in [-0.2, -0.15) is 5.10 Å². The number of carboxylic acid groups (broad SMARTS) is 1. The van der Waals surface area contributed by atoms with E-state index in [1.54, 1.807) is 12.3 Å². The number of carbonyl (C=O) groups is 1. The number of aromatic nitrogens is 3. The third-order valence-electron chi connectivity index (χ3n) is 1.59. The first-order valence-electron chi connectivity index (χ1n) is 3.31. The quantitative estimate of drug-likeness (QED) is 0.647. The summed E-state index contributed by atoms with van der Waals surface area (Å²) >= 11 is 0. The first-order chi connectivity index (χ1) is 5.79. The number of aromatic amines is 1. The van der Waals surface area contributed by atoms with E-state index in [2.05, 4.69) is 15.2 Å². The molecule has 0 atom stereocenters. The highest BCUT2D eigenvalue weighted by Crippen LogP contribution is 2.12. The molecule has 2 N–H and O–H groups in total. The molecule has 0 bridgehead atoms. The molecule has 2 rings (SSSR count). The number of aromatic carboxylic acids is 1. The molecule has 0 aliphatic rings. The summed E-state index contributed by atoms with van der Waals surface area (Å²) in [7, 11) is 0. The number of hydrogen-bond acceptors (Lipinski definition) is 3. The monoisotopic (exact) mass is 163 g/mol. The fourth-order valence-corrected chi connectivity index (χ4v) is 1.04. The summed E-state index contributed by atoms with van der Waals surface area (Å²) in [6, 6.07) is 1.66. The van der Waals surface area contributed by atoms with Crippen LogP contribution < -0.4 is 0 Å². The number of nitrogens with one attached hydrogen (secondary N) is 1. The van der Waals surface area contributed by atoms with Crippen LogP contribution in [0.15, 0.2) is 18.5 Å². The Morgan fingerprint density at radius 3 is 3.17 bits per heavy atom. The normalized spacial score (nSPS) is 10.3. The number of H-pyrrole nitrogens is 1. The topological polar surface area (TPSA) is 78.9 Å². The molecule has 12 heavy (non-hydrogen) atoms. The summed E-state index contributed by atoms with van der Waals surface area (Å²) in [5.74, 6) is -0.991. The molecule has 0 aliphatic heterocycles. The second kappa shape index (κ2) is 2.30. The average molecular weight is 163 g/mol. The molecule has 0 saturated carbocycles. The van der Waals surface area contributed by atoms with Gasteiger partial charge in [0.05, 0.1) is 11.8 Å². The number of hydrogen-bond donors (Lipinski definition) is 2. The fourth-order valence-electron chi connectivity index (χ4n) is 1.04. The second-order valence-corrected chi connectivity index (χ2v) is 2.30. The number of carboxylic acids is 1. The lowest BCUT2D eigenvalue weighted by atomic mass is 10.2. The van der Waals surface area contributed by atoms with Crippen molar-refractivity contribution in [1.82, 2.24) is 15.2 Å². The molecule has 0 aliphatic carbocycles. The van der Waals surface area contributed by atoms with Gasteiger partial charge in [-0.25, -0.2) is 4.79 Å². The summed E-state index contributed by atoms with van der Waals surface area (Å²) in [5, 5.41) is 16.6. The summed E-state index contributed by atoms with van der Waals surface area (Å²) in [5.41, 5.74) is 0.663. The van der Waals surface area contributed by atoms with E-state index in [-0.39, 0.29) is 5.56 Å². The molecule has 0 unspecified atom stereocenters. The van der Waals surface area contributed by atoms with Gasteiger partial charge in [0.25, 0.3) is 0 Å². The van der Waals surface area contributed by atoms with Gasteiger partial charge in [-0.1, -0.05) is 0 Å². The van der Waals surface area contributed by atoms with Crippen LogP contribution in [0.1, 0.15) is 10.4 Å². The number of rotatable bonds is 1. The molecule has 60 valence electrons. The third-order valence-corrected chi connectivity index (χ3v) is 1.59. The first kappa shape index (κ1) is 6.78. The Morgan fingerprint density at radius 1 is 1.58 bits per heavy atom. The first-order valence-corrected chi connectivity index (χ1v) is 3.31. The lowest BCUT2D eigenvalue weighted by Gasteiger charge is -1.92. The van der Waals surface area contributed by atoms with Gasteiger partial charge in [-0.3, -0.25) is 0 Å². The van der Waals surface area contributed by atoms with E-state index >= 15 is 0 Å². The van der Waals surface area contributed by atoms with Crippen LogP contribution in [-0.2, 0) is 0 Å². The third kappa shape index (κ3) is 0.833. The Morgan fingerprint density at radius 2 is 2.42 bits per heavy atom. The van der Waals surface area contributed by atoms with Crippen molar-refractivity contribution in [3.05, 3.63) is 24.0 Å². The van der Waals surface area contributed by atoms with Crippen LogP contribution in [0.5, 0.6) is 0 Å². The van der Waals surface area contributed by atoms with Gasteiger partial charge in [0.15, 0.2) is 5.65 Å². The van der Waals surface area contributed by atoms with Gasteiger partial charge >= 0.3 is 5.97 Å². The smallest absolute Gasteiger partial charge is 0.338 e. The standard InChI is InChI=1S/C7H5N3O2/c11-7(12)5-3-9-10-6-4(5)1-2-8-6/h1-3H,(H,8,10)(H,11,12). The second-order valence-electron chi connectivity index (χ2n) is 2.30. The molecule has 0 radical (unpaired) electrons. The molecule has 0 fully saturated rings. The molecule has 2 aromatic rings. The number of fused-ring (bicyclic) bond motifs is 1. The van der Waals surface area contributed by atoms with Crippen LogP contribution in [0.3, 0.4) is 0 Å². The van der Waals surface area contributed by atoms with Crippen molar-refractivity contribution in [3.8, 4) is 0 Å². The van der Waals surface area contributed by atoms with Gasteiger partial charge in [-0.15, -0.1) is 5.10 Å². The molecule has 0 spiro atoms. The van der Waals surface area contributed by atoms with Crippen molar-refractivity contribution in [2.24, 2.45) is 0 Å². The molecule has 5 heteroatoms. The van der Waals surface area contributed by atoms with Crippen molar-refractivity contribution in [2.45, 2.75) is 0 Å². The van der Waals surface area contributed by atoms with Gasteiger partial charge in [0.1, 0.15) is 0 Å². The SMILES string of the molecule is O=C(O)c1cnnc2[nH]ccc12. The lowest BCUT2D eigenvalue weighted by Crippen LogP contribution is -1.98. The highest BCUT2D eigenvalue weighted by atomic mass is 16.4. The highest BCUT2D eigenvalue weighted by molar-refractivity contribution is 6.00. The highest BCUT2D eigenvalue weighted by Gasteiger charge is 2.09. The molecule has 0 saturated heterocycles. The molecular weight excluding hydrogens is 158 g/mol. The van der Waals surface area contributed by atoms with Crippen molar-refractivity contribution >= 4 is 17.0 Å². The van der Waals surface area contributed by atoms with Crippen molar-refractivity contribution in [2.75, 3.05) is 0 Å². The Labute approximate surface area is 67.1 Å². The van der Waals surface area contributed by atoms with Crippen molar-refractivity contribution < 1.29 is 9.90 Å². The fraction of sp³-hybridized carbons (Fsp3) is 0. The molecule has 2 aromatic heterocycles. The van der Waals surface area contributed by atoms with Crippen molar-refractivity contribution in [3.63, 3.8) is 0 Å². The van der Waals surface area contributed by atoms with Gasteiger partial charge < -0.3 is 10.1 Å². The Hall–Kier alpha value is -1.91. The Kier molecular flexibility index (Phi) is 1.30. The van der Waals surface area contributed by atoms with E-state index in [1.165, 1.54) is 6.20 Å². The predicted octanol–water partition coefficient (Wildman–Crippen LogP) is 0.656. The summed E-state index contributed by atoms with van der Waals surface area (Å²) in [6.07, 6.45) is 2.87. The van der Waals surface area contributed by atoms with Crippen LogP contribution >= 0.6 is 0 Å². The Balaban J connectivity index is 2.82. The van der Waals surface area contributed by atoms with E-state index in [4.69, 9.17) is 5.11 Å². The average Bonchev–Trinajstić information content (AvgIpc) is 2.49. The van der Waals surface area contributed by atoms with E-state index in [9.17, 15) is 4.79 Å².